The smallest absolute Gasteiger partial charge is 0.244 e. The maximum atomic E-state index is 11.6. The zero-order chi connectivity index (χ0) is 10.8. The molecule has 0 aromatic carbocycles. The molecular formula is C9H11ClN4O. The number of nitrogens with one attached hydrogen (secondary N) is 1. The Kier molecular flexibility index (Phi) is 2.73. The third-order valence-corrected chi connectivity index (χ3v) is 2.54. The van der Waals surface area contributed by atoms with Crippen molar-refractivity contribution in [2.45, 2.75) is 12.5 Å². The van der Waals surface area contributed by atoms with E-state index in [1.807, 2.05) is 0 Å². The van der Waals surface area contributed by atoms with Crippen LogP contribution in [0.2, 0.25) is 5.15 Å². The van der Waals surface area contributed by atoms with E-state index in [2.05, 4.69) is 15.3 Å². The monoisotopic (exact) mass is 226 g/mol. The highest BCUT2D eigenvalue weighted by Gasteiger charge is 2.28. The molecule has 1 aliphatic rings. The summed E-state index contributed by atoms with van der Waals surface area (Å²) in [5, 5.41) is 3.33. The van der Waals surface area contributed by atoms with Gasteiger partial charge in [0.15, 0.2) is 0 Å². The number of nitrogens with zero attached hydrogens (tertiary/aromatic N) is 3. The van der Waals surface area contributed by atoms with Crippen LogP contribution in [0.3, 0.4) is 0 Å². The lowest BCUT2D eigenvalue weighted by Gasteiger charge is -2.12. The standard InChI is InChI=1S/C9H11ClN4O/c1-14-3-2-6(9(14)15)12-8-5-11-4-7(10)13-8/h4-6H,2-3H2,1H3,(H,12,13). The van der Waals surface area contributed by atoms with Gasteiger partial charge in [-0.2, -0.15) is 0 Å². The molecule has 0 bridgehead atoms. The van der Waals surface area contributed by atoms with E-state index in [0.29, 0.717) is 11.0 Å². The van der Waals surface area contributed by atoms with Crippen molar-refractivity contribution in [3.63, 3.8) is 0 Å². The van der Waals surface area contributed by atoms with Crippen molar-refractivity contribution < 1.29 is 4.79 Å². The fraction of sp³-hybridized carbons (Fsp3) is 0.444. The van der Waals surface area contributed by atoms with Gasteiger partial charge in [0.2, 0.25) is 5.91 Å². The quantitative estimate of drug-likeness (QED) is 0.810. The Bertz CT molecular complexity index is 384. The molecule has 1 aromatic rings. The van der Waals surface area contributed by atoms with E-state index in [0.717, 1.165) is 13.0 Å². The summed E-state index contributed by atoms with van der Waals surface area (Å²) in [5.41, 5.74) is 0. The third-order valence-electron chi connectivity index (χ3n) is 2.35. The van der Waals surface area contributed by atoms with Crippen LogP contribution >= 0.6 is 11.6 Å². The molecule has 0 spiro atoms. The normalized spacial score (nSPS) is 20.8. The van der Waals surface area contributed by atoms with Gasteiger partial charge in [-0.1, -0.05) is 11.6 Å². The lowest BCUT2D eigenvalue weighted by atomic mass is 10.2. The van der Waals surface area contributed by atoms with Gasteiger partial charge in [0.1, 0.15) is 17.0 Å². The Labute approximate surface area is 92.5 Å². The number of amides is 1. The van der Waals surface area contributed by atoms with Gasteiger partial charge in [-0.3, -0.25) is 9.78 Å². The third kappa shape index (κ3) is 2.18. The number of likely N-dealkylation sites (N-methyl/N-ethyl adjacent to an activating group) is 1. The fourth-order valence-electron chi connectivity index (χ4n) is 1.55. The number of likely N-dealkylation sites (tertiary alicyclic amines) is 1. The van der Waals surface area contributed by atoms with E-state index >= 15 is 0 Å². The number of hydrogen-bond acceptors (Lipinski definition) is 4. The molecule has 1 amide bonds. The summed E-state index contributed by atoms with van der Waals surface area (Å²) in [6.07, 6.45) is 3.79. The second-order valence-corrected chi connectivity index (χ2v) is 3.86. The number of carbonyl (C=O) groups is 1. The Morgan fingerprint density at radius 3 is 3.00 bits per heavy atom. The van der Waals surface area contributed by atoms with Gasteiger partial charge in [0, 0.05) is 13.6 Å². The van der Waals surface area contributed by atoms with E-state index in [-0.39, 0.29) is 11.9 Å². The summed E-state index contributed by atoms with van der Waals surface area (Å²) in [5.74, 6) is 0.618. The molecule has 1 aromatic heterocycles. The molecule has 1 atom stereocenters. The number of hydrogen-bond donors (Lipinski definition) is 1. The molecule has 0 radical (unpaired) electrons. The average Bonchev–Trinajstić information content (AvgIpc) is 2.50. The second-order valence-electron chi connectivity index (χ2n) is 3.47. The van der Waals surface area contributed by atoms with E-state index in [4.69, 9.17) is 11.6 Å². The molecule has 80 valence electrons. The molecule has 1 aliphatic heterocycles. The maximum Gasteiger partial charge on any atom is 0.244 e. The molecule has 1 fully saturated rings. The maximum absolute atomic E-state index is 11.6. The first-order valence-corrected chi connectivity index (χ1v) is 5.03. The lowest BCUT2D eigenvalue weighted by molar-refractivity contribution is -0.127. The van der Waals surface area contributed by atoms with Gasteiger partial charge in [0.25, 0.3) is 0 Å². The SMILES string of the molecule is CN1CCC(Nc2cncc(Cl)n2)C1=O. The predicted octanol–water partition coefficient (Wildman–Crippen LogP) is 0.773. The zero-order valence-corrected chi connectivity index (χ0v) is 9.03. The number of halogens is 1. The van der Waals surface area contributed by atoms with Gasteiger partial charge >= 0.3 is 0 Å². The van der Waals surface area contributed by atoms with Crippen molar-refractivity contribution in [1.82, 2.24) is 14.9 Å². The topological polar surface area (TPSA) is 58.1 Å². The molecule has 1 unspecified atom stereocenters. The van der Waals surface area contributed by atoms with E-state index in [1.165, 1.54) is 6.20 Å². The highest BCUT2D eigenvalue weighted by atomic mass is 35.5. The highest BCUT2D eigenvalue weighted by molar-refractivity contribution is 6.29. The van der Waals surface area contributed by atoms with Gasteiger partial charge < -0.3 is 10.2 Å². The Morgan fingerprint density at radius 2 is 2.40 bits per heavy atom. The van der Waals surface area contributed by atoms with Gasteiger partial charge in [-0.15, -0.1) is 0 Å². The minimum absolute atomic E-state index is 0.0803. The van der Waals surface area contributed by atoms with Crippen LogP contribution in [0.5, 0.6) is 0 Å². The first kappa shape index (κ1) is 10.2. The van der Waals surface area contributed by atoms with Crippen LogP contribution in [0, 0.1) is 0 Å². The molecule has 1 N–H and O–H groups in total. The van der Waals surface area contributed by atoms with Crippen LogP contribution in [-0.4, -0.2) is 40.4 Å². The molecule has 15 heavy (non-hydrogen) atoms. The lowest BCUT2D eigenvalue weighted by Crippen LogP contribution is -2.31. The largest absolute Gasteiger partial charge is 0.357 e. The van der Waals surface area contributed by atoms with Crippen LogP contribution in [0.25, 0.3) is 0 Å². The zero-order valence-electron chi connectivity index (χ0n) is 8.27. The molecule has 2 heterocycles. The number of aromatic nitrogens is 2. The first-order valence-electron chi connectivity index (χ1n) is 4.66. The van der Waals surface area contributed by atoms with E-state index < -0.39 is 0 Å². The Hall–Kier alpha value is -1.36. The van der Waals surface area contributed by atoms with Crippen LogP contribution < -0.4 is 5.32 Å². The van der Waals surface area contributed by atoms with Gasteiger partial charge in [-0.25, -0.2) is 4.98 Å². The van der Waals surface area contributed by atoms with Crippen molar-refractivity contribution in [3.8, 4) is 0 Å². The molecule has 0 aliphatic carbocycles. The van der Waals surface area contributed by atoms with Gasteiger partial charge in [0.05, 0.1) is 12.4 Å². The molecule has 6 heteroatoms. The van der Waals surface area contributed by atoms with Crippen molar-refractivity contribution >= 4 is 23.3 Å². The summed E-state index contributed by atoms with van der Waals surface area (Å²) in [6, 6.07) is -0.206. The van der Waals surface area contributed by atoms with Gasteiger partial charge in [-0.05, 0) is 6.42 Å². The molecule has 2 rings (SSSR count). The van der Waals surface area contributed by atoms with Crippen molar-refractivity contribution in [1.29, 1.82) is 0 Å². The van der Waals surface area contributed by atoms with Crippen molar-refractivity contribution in [2.75, 3.05) is 18.9 Å². The highest BCUT2D eigenvalue weighted by Crippen LogP contribution is 2.14. The number of anilines is 1. The van der Waals surface area contributed by atoms with E-state index in [1.54, 1.807) is 18.1 Å². The predicted molar refractivity (Wildman–Crippen MR) is 56.7 cm³/mol. The van der Waals surface area contributed by atoms with Crippen LogP contribution in [0.15, 0.2) is 12.4 Å². The summed E-state index contributed by atoms with van der Waals surface area (Å²) < 4.78 is 0. The molecule has 1 saturated heterocycles. The summed E-state index contributed by atoms with van der Waals surface area (Å²) >= 11 is 5.69. The van der Waals surface area contributed by atoms with E-state index in [9.17, 15) is 4.79 Å². The second kappa shape index (κ2) is 4.02. The van der Waals surface area contributed by atoms with Crippen molar-refractivity contribution in [2.24, 2.45) is 0 Å². The van der Waals surface area contributed by atoms with Crippen LogP contribution in [0.1, 0.15) is 6.42 Å². The van der Waals surface area contributed by atoms with Crippen LogP contribution in [0.4, 0.5) is 5.82 Å². The summed E-state index contributed by atoms with van der Waals surface area (Å²) in [6.45, 7) is 0.768. The summed E-state index contributed by atoms with van der Waals surface area (Å²) in [7, 11) is 1.79. The molecule has 5 nitrogen and oxygen atoms in total. The average molecular weight is 227 g/mol. The number of carbonyl (C=O) groups excluding carboxylic acids is 1. The van der Waals surface area contributed by atoms with Crippen LogP contribution in [-0.2, 0) is 4.79 Å². The van der Waals surface area contributed by atoms with Crippen molar-refractivity contribution in [3.05, 3.63) is 17.5 Å². The Morgan fingerprint density at radius 1 is 1.60 bits per heavy atom. The Balaban J connectivity index is 2.06. The first-order chi connectivity index (χ1) is 7.16. The molecule has 0 saturated carbocycles. The molecular weight excluding hydrogens is 216 g/mol. The minimum atomic E-state index is -0.206. The minimum Gasteiger partial charge on any atom is -0.357 e. The fourth-order valence-corrected chi connectivity index (χ4v) is 1.69. The summed E-state index contributed by atoms with van der Waals surface area (Å²) in [4.78, 5) is 21.2. The number of rotatable bonds is 2.